The van der Waals surface area contributed by atoms with E-state index in [1.165, 1.54) is 0 Å². The summed E-state index contributed by atoms with van der Waals surface area (Å²) in [6.07, 6.45) is 5.53. The van der Waals surface area contributed by atoms with E-state index in [9.17, 15) is 0 Å². The molecule has 0 saturated heterocycles. The largest absolute Gasteiger partial charge is 0.339 e. The minimum Gasteiger partial charge on any atom is -0.339 e. The summed E-state index contributed by atoms with van der Waals surface area (Å²) in [5, 5.41) is 12.7. The smallest absolute Gasteiger partial charge is 0.247 e. The molecule has 0 amide bonds. The first-order valence-electron chi connectivity index (χ1n) is 8.37. The van der Waals surface area contributed by atoms with Gasteiger partial charge in [0.25, 0.3) is 0 Å². The molecule has 2 heterocycles. The van der Waals surface area contributed by atoms with Crippen LogP contribution in [0.1, 0.15) is 26.7 Å². The fourth-order valence-corrected chi connectivity index (χ4v) is 2.68. The Balaban J connectivity index is 1.88. The lowest BCUT2D eigenvalue weighted by atomic mass is 10.2. The Morgan fingerprint density at radius 3 is 2.62 bits per heavy atom. The molecule has 0 aliphatic carbocycles. The highest BCUT2D eigenvalue weighted by Crippen LogP contribution is 2.23. The van der Waals surface area contributed by atoms with Crippen molar-refractivity contribution in [3.05, 3.63) is 42.7 Å². The molecular weight excluding hydrogens is 300 g/mol. The molecule has 0 unspecified atom stereocenters. The zero-order valence-electron chi connectivity index (χ0n) is 14.1. The van der Waals surface area contributed by atoms with Gasteiger partial charge in [0.1, 0.15) is 0 Å². The number of aromatic nitrogens is 4. The maximum atomic E-state index is 4.63. The molecule has 6 nitrogen and oxygen atoms in total. The van der Waals surface area contributed by atoms with Crippen LogP contribution in [0.25, 0.3) is 10.9 Å². The average Bonchev–Trinajstić information content (AvgIpc) is 2.62. The Kier molecular flexibility index (Phi) is 5.15. The molecule has 0 saturated carbocycles. The number of benzene rings is 1. The first-order chi connectivity index (χ1) is 11.8. The number of hydrogen-bond donors (Lipinski definition) is 1. The molecule has 2 aromatic heterocycles. The summed E-state index contributed by atoms with van der Waals surface area (Å²) in [5.74, 6) is 1.34. The molecule has 6 heteroatoms. The second kappa shape index (κ2) is 7.68. The molecular formula is C18H22N6. The number of anilines is 3. The van der Waals surface area contributed by atoms with Crippen LogP contribution < -0.4 is 10.2 Å². The minimum absolute atomic E-state index is 0.664. The van der Waals surface area contributed by atoms with Gasteiger partial charge >= 0.3 is 0 Å². The number of fused-ring (bicyclic) bond motifs is 1. The number of nitrogens with zero attached hydrogens (tertiary/aromatic N) is 5. The van der Waals surface area contributed by atoms with Crippen molar-refractivity contribution in [1.29, 1.82) is 0 Å². The van der Waals surface area contributed by atoms with Gasteiger partial charge in [-0.15, -0.1) is 5.10 Å². The van der Waals surface area contributed by atoms with Crippen molar-refractivity contribution < 1.29 is 0 Å². The van der Waals surface area contributed by atoms with Crippen molar-refractivity contribution in [3.63, 3.8) is 0 Å². The first-order valence-corrected chi connectivity index (χ1v) is 8.37. The summed E-state index contributed by atoms with van der Waals surface area (Å²) in [7, 11) is 0. The number of rotatable bonds is 7. The SMILES string of the molecule is CCCN(CCC)c1nncc(Nc2cccc3cccnc23)n1. The summed E-state index contributed by atoms with van der Waals surface area (Å²) in [4.78, 5) is 11.2. The van der Waals surface area contributed by atoms with Gasteiger partial charge in [-0.25, -0.2) is 0 Å². The quantitative estimate of drug-likeness (QED) is 0.714. The fraction of sp³-hybridized carbons (Fsp3) is 0.333. The number of pyridine rings is 1. The standard InChI is InChI=1S/C18H22N6/c1-3-11-24(12-4-2)18-22-16(13-20-23-18)21-15-9-5-7-14-8-6-10-19-17(14)15/h5-10,13H,3-4,11-12H2,1-2H3,(H,21,22,23). The van der Waals surface area contributed by atoms with Crippen molar-refractivity contribution in [1.82, 2.24) is 20.2 Å². The Morgan fingerprint density at radius 2 is 1.83 bits per heavy atom. The van der Waals surface area contributed by atoms with Gasteiger partial charge < -0.3 is 10.2 Å². The molecule has 0 atom stereocenters. The monoisotopic (exact) mass is 322 g/mol. The molecule has 0 spiro atoms. The lowest BCUT2D eigenvalue weighted by Crippen LogP contribution is -2.27. The topological polar surface area (TPSA) is 66.8 Å². The summed E-state index contributed by atoms with van der Waals surface area (Å²) in [5.41, 5.74) is 1.83. The lowest BCUT2D eigenvalue weighted by Gasteiger charge is -2.21. The summed E-state index contributed by atoms with van der Waals surface area (Å²) in [6, 6.07) is 10.0. The van der Waals surface area contributed by atoms with E-state index >= 15 is 0 Å². The lowest BCUT2D eigenvalue weighted by molar-refractivity contribution is 0.711. The Morgan fingerprint density at radius 1 is 1.04 bits per heavy atom. The van der Waals surface area contributed by atoms with Gasteiger partial charge in [0.2, 0.25) is 5.95 Å². The van der Waals surface area contributed by atoms with Crippen molar-refractivity contribution in [2.45, 2.75) is 26.7 Å². The van der Waals surface area contributed by atoms with Gasteiger partial charge in [-0.2, -0.15) is 10.1 Å². The molecule has 1 aromatic carbocycles. The van der Waals surface area contributed by atoms with E-state index in [1.807, 2.05) is 30.3 Å². The van der Waals surface area contributed by atoms with Crippen LogP contribution in [-0.2, 0) is 0 Å². The first kappa shape index (κ1) is 16.1. The van der Waals surface area contributed by atoms with Crippen molar-refractivity contribution in [2.24, 2.45) is 0 Å². The fourth-order valence-electron chi connectivity index (χ4n) is 2.68. The van der Waals surface area contributed by atoms with Crippen LogP contribution in [0.5, 0.6) is 0 Å². The van der Waals surface area contributed by atoms with E-state index < -0.39 is 0 Å². The summed E-state index contributed by atoms with van der Waals surface area (Å²) < 4.78 is 0. The van der Waals surface area contributed by atoms with E-state index in [1.54, 1.807) is 12.4 Å². The zero-order chi connectivity index (χ0) is 16.8. The van der Waals surface area contributed by atoms with Crippen LogP contribution in [0.15, 0.2) is 42.7 Å². The van der Waals surface area contributed by atoms with Crippen LogP contribution in [0.3, 0.4) is 0 Å². The Bertz CT molecular complexity index is 793. The second-order valence-electron chi connectivity index (χ2n) is 5.63. The molecule has 1 N–H and O–H groups in total. The molecule has 0 radical (unpaired) electrons. The van der Waals surface area contributed by atoms with Gasteiger partial charge in [-0.05, 0) is 25.0 Å². The molecule has 0 aliphatic heterocycles. The van der Waals surface area contributed by atoms with Gasteiger partial charge in [-0.1, -0.05) is 32.0 Å². The molecule has 0 bridgehead atoms. The number of nitrogens with one attached hydrogen (secondary N) is 1. The second-order valence-corrected chi connectivity index (χ2v) is 5.63. The van der Waals surface area contributed by atoms with Gasteiger partial charge in [0, 0.05) is 24.7 Å². The average molecular weight is 322 g/mol. The van der Waals surface area contributed by atoms with E-state index in [0.29, 0.717) is 11.8 Å². The van der Waals surface area contributed by atoms with E-state index in [-0.39, 0.29) is 0 Å². The molecule has 0 fully saturated rings. The Labute approximate surface area is 142 Å². The van der Waals surface area contributed by atoms with Crippen molar-refractivity contribution >= 4 is 28.4 Å². The van der Waals surface area contributed by atoms with Gasteiger partial charge in [0.05, 0.1) is 17.4 Å². The maximum Gasteiger partial charge on any atom is 0.247 e. The minimum atomic E-state index is 0.664. The van der Waals surface area contributed by atoms with Crippen LogP contribution in [0, 0.1) is 0 Å². The molecule has 3 aromatic rings. The van der Waals surface area contributed by atoms with Crippen LogP contribution >= 0.6 is 0 Å². The van der Waals surface area contributed by atoms with E-state index in [4.69, 9.17) is 0 Å². The highest BCUT2D eigenvalue weighted by Gasteiger charge is 2.10. The normalized spacial score (nSPS) is 10.8. The van der Waals surface area contributed by atoms with Crippen LogP contribution in [0.2, 0.25) is 0 Å². The molecule has 3 rings (SSSR count). The van der Waals surface area contributed by atoms with Gasteiger partial charge in [-0.3, -0.25) is 4.98 Å². The van der Waals surface area contributed by atoms with Crippen LogP contribution in [0.4, 0.5) is 17.5 Å². The summed E-state index contributed by atoms with van der Waals surface area (Å²) in [6.45, 7) is 6.16. The highest BCUT2D eigenvalue weighted by molar-refractivity contribution is 5.91. The highest BCUT2D eigenvalue weighted by atomic mass is 15.3. The predicted molar refractivity (Wildman–Crippen MR) is 97.6 cm³/mol. The molecule has 0 aliphatic rings. The maximum absolute atomic E-state index is 4.63. The zero-order valence-corrected chi connectivity index (χ0v) is 14.1. The third kappa shape index (κ3) is 3.59. The predicted octanol–water partition coefficient (Wildman–Crippen LogP) is 3.79. The third-order valence-corrected chi connectivity index (χ3v) is 3.71. The van der Waals surface area contributed by atoms with E-state index in [2.05, 4.69) is 44.2 Å². The molecule has 124 valence electrons. The Hall–Kier alpha value is -2.76. The van der Waals surface area contributed by atoms with Crippen LogP contribution in [-0.4, -0.2) is 33.3 Å². The third-order valence-electron chi connectivity index (χ3n) is 3.71. The number of para-hydroxylation sites is 1. The van der Waals surface area contributed by atoms with Crippen molar-refractivity contribution in [2.75, 3.05) is 23.3 Å². The molecule has 24 heavy (non-hydrogen) atoms. The summed E-state index contributed by atoms with van der Waals surface area (Å²) >= 11 is 0. The van der Waals surface area contributed by atoms with Gasteiger partial charge in [0.15, 0.2) is 5.82 Å². The van der Waals surface area contributed by atoms with E-state index in [0.717, 1.165) is 42.5 Å². The number of hydrogen-bond acceptors (Lipinski definition) is 6. The van der Waals surface area contributed by atoms with Crippen molar-refractivity contribution in [3.8, 4) is 0 Å².